The summed E-state index contributed by atoms with van der Waals surface area (Å²) in [6.45, 7) is 10.4. The normalized spacial score (nSPS) is 18.6. The van der Waals surface area contributed by atoms with Crippen LogP contribution in [-0.4, -0.2) is 37.8 Å². The highest BCUT2D eigenvalue weighted by Crippen LogP contribution is 2.28. The molecule has 0 spiro atoms. The zero-order valence-electron chi connectivity index (χ0n) is 15.9. The van der Waals surface area contributed by atoms with Crippen LogP contribution in [0.25, 0.3) is 11.2 Å². The lowest BCUT2D eigenvalue weighted by Gasteiger charge is -2.32. The summed E-state index contributed by atoms with van der Waals surface area (Å²) in [6, 6.07) is 4.46. The van der Waals surface area contributed by atoms with E-state index >= 15 is 0 Å². The number of aromatic nitrogens is 5. The van der Waals surface area contributed by atoms with Crippen LogP contribution < -0.4 is 4.90 Å². The molecule has 1 saturated heterocycles. The van der Waals surface area contributed by atoms with Crippen LogP contribution in [0, 0.1) is 12.8 Å². The van der Waals surface area contributed by atoms with Crippen LogP contribution in [0.15, 0.2) is 22.7 Å². The van der Waals surface area contributed by atoms with E-state index in [2.05, 4.69) is 50.4 Å². The van der Waals surface area contributed by atoms with E-state index < -0.39 is 0 Å². The number of piperidine rings is 1. The van der Waals surface area contributed by atoms with Crippen molar-refractivity contribution in [1.29, 1.82) is 0 Å². The Bertz CT molecular complexity index is 873. The lowest BCUT2D eigenvalue weighted by Crippen LogP contribution is -2.37. The van der Waals surface area contributed by atoms with E-state index in [-0.39, 0.29) is 5.54 Å². The van der Waals surface area contributed by atoms with Crippen molar-refractivity contribution >= 4 is 17.2 Å². The molecule has 0 bridgehead atoms. The third-order valence-corrected chi connectivity index (χ3v) is 4.83. The highest BCUT2D eigenvalue weighted by atomic mass is 16.4. The first-order chi connectivity index (χ1) is 12.4. The molecule has 4 heterocycles. The molecule has 4 rings (SSSR count). The Morgan fingerprint density at radius 2 is 2.12 bits per heavy atom. The minimum absolute atomic E-state index is 0.0586. The molecule has 7 heteroatoms. The van der Waals surface area contributed by atoms with E-state index in [0.717, 1.165) is 43.2 Å². The molecule has 0 aliphatic carbocycles. The molecular formula is C19H26N6O. The van der Waals surface area contributed by atoms with E-state index in [0.29, 0.717) is 17.6 Å². The number of aryl methyl sites for hydroxylation is 1. The first-order valence-corrected chi connectivity index (χ1v) is 9.30. The second-order valence-electron chi connectivity index (χ2n) is 8.14. The first kappa shape index (κ1) is 17.0. The Morgan fingerprint density at radius 3 is 2.88 bits per heavy atom. The molecule has 0 saturated carbocycles. The van der Waals surface area contributed by atoms with Gasteiger partial charge in [0.2, 0.25) is 5.65 Å². The minimum atomic E-state index is -0.0586. The SMILES string of the molecule is Cc1nc(CC2CCCN(c3nc4ncccc4o3)C2)n(C(C)(C)C)n1. The molecule has 1 fully saturated rings. The topological polar surface area (TPSA) is 72.9 Å². The predicted octanol–water partition coefficient (Wildman–Crippen LogP) is 3.34. The second-order valence-corrected chi connectivity index (χ2v) is 8.14. The Kier molecular flexibility index (Phi) is 4.17. The summed E-state index contributed by atoms with van der Waals surface area (Å²) in [7, 11) is 0. The van der Waals surface area contributed by atoms with Gasteiger partial charge in [-0.05, 0) is 58.6 Å². The summed E-state index contributed by atoms with van der Waals surface area (Å²) in [5.41, 5.74) is 1.36. The number of hydrogen-bond acceptors (Lipinski definition) is 6. The van der Waals surface area contributed by atoms with Gasteiger partial charge in [-0.1, -0.05) is 0 Å². The fourth-order valence-electron chi connectivity index (χ4n) is 3.68. The smallest absolute Gasteiger partial charge is 0.299 e. The van der Waals surface area contributed by atoms with E-state index in [1.54, 1.807) is 6.20 Å². The number of nitrogens with zero attached hydrogens (tertiary/aromatic N) is 6. The maximum absolute atomic E-state index is 5.91. The van der Waals surface area contributed by atoms with Crippen LogP contribution in [0.3, 0.4) is 0 Å². The Balaban J connectivity index is 1.52. The van der Waals surface area contributed by atoms with Crippen LogP contribution in [0.5, 0.6) is 0 Å². The van der Waals surface area contributed by atoms with Gasteiger partial charge in [0.25, 0.3) is 6.01 Å². The van der Waals surface area contributed by atoms with Crippen LogP contribution >= 0.6 is 0 Å². The minimum Gasteiger partial charge on any atom is -0.422 e. The molecule has 3 aromatic rings. The highest BCUT2D eigenvalue weighted by Gasteiger charge is 2.27. The number of fused-ring (bicyclic) bond motifs is 1. The molecule has 0 amide bonds. The average molecular weight is 354 g/mol. The standard InChI is InChI=1S/C19H26N6O/c1-13-21-16(25(23-13)19(2,3)4)11-14-7-6-10-24(12-14)18-22-17-15(26-18)8-5-9-20-17/h5,8-9,14H,6-7,10-12H2,1-4H3. The van der Waals surface area contributed by atoms with Gasteiger partial charge in [-0.25, -0.2) is 14.6 Å². The molecule has 0 radical (unpaired) electrons. The van der Waals surface area contributed by atoms with Crippen molar-refractivity contribution in [2.75, 3.05) is 18.0 Å². The number of oxazole rings is 1. The van der Waals surface area contributed by atoms with Crippen LogP contribution in [0.4, 0.5) is 6.01 Å². The van der Waals surface area contributed by atoms with Crippen molar-refractivity contribution in [3.05, 3.63) is 30.0 Å². The molecule has 26 heavy (non-hydrogen) atoms. The van der Waals surface area contributed by atoms with Crippen LogP contribution in [0.2, 0.25) is 0 Å². The van der Waals surface area contributed by atoms with Gasteiger partial charge in [0.05, 0.1) is 5.54 Å². The van der Waals surface area contributed by atoms with Crippen molar-refractivity contribution in [2.24, 2.45) is 5.92 Å². The Hall–Kier alpha value is -2.44. The lowest BCUT2D eigenvalue weighted by atomic mass is 9.94. The third-order valence-electron chi connectivity index (χ3n) is 4.83. The summed E-state index contributed by atoms with van der Waals surface area (Å²) in [6.07, 6.45) is 4.98. The van der Waals surface area contributed by atoms with E-state index in [1.807, 2.05) is 19.1 Å². The fraction of sp³-hybridized carbons (Fsp3) is 0.579. The largest absolute Gasteiger partial charge is 0.422 e. The molecular weight excluding hydrogens is 328 g/mol. The monoisotopic (exact) mass is 354 g/mol. The Labute approximate surface area is 153 Å². The molecule has 138 valence electrons. The van der Waals surface area contributed by atoms with Crippen molar-refractivity contribution in [1.82, 2.24) is 24.7 Å². The van der Waals surface area contributed by atoms with Crippen molar-refractivity contribution in [3.8, 4) is 0 Å². The third kappa shape index (κ3) is 3.30. The molecule has 0 aromatic carbocycles. The number of rotatable bonds is 3. The van der Waals surface area contributed by atoms with E-state index in [1.165, 1.54) is 6.42 Å². The molecule has 1 aliphatic heterocycles. The summed E-state index contributed by atoms with van der Waals surface area (Å²) in [5, 5.41) is 4.61. The molecule has 7 nitrogen and oxygen atoms in total. The van der Waals surface area contributed by atoms with Gasteiger partial charge < -0.3 is 9.32 Å². The molecule has 1 aliphatic rings. The zero-order chi connectivity index (χ0) is 18.3. The Morgan fingerprint density at radius 1 is 1.27 bits per heavy atom. The van der Waals surface area contributed by atoms with Gasteiger partial charge in [0.1, 0.15) is 11.6 Å². The molecule has 1 unspecified atom stereocenters. The van der Waals surface area contributed by atoms with Gasteiger partial charge in [0, 0.05) is 25.7 Å². The molecule has 0 N–H and O–H groups in total. The zero-order valence-corrected chi connectivity index (χ0v) is 15.9. The van der Waals surface area contributed by atoms with Crippen molar-refractivity contribution < 1.29 is 4.42 Å². The highest BCUT2D eigenvalue weighted by molar-refractivity contribution is 5.69. The van der Waals surface area contributed by atoms with Gasteiger partial charge in [0.15, 0.2) is 5.58 Å². The molecule has 3 aromatic heterocycles. The summed E-state index contributed by atoms with van der Waals surface area (Å²) < 4.78 is 7.98. The van der Waals surface area contributed by atoms with Gasteiger partial charge in [-0.15, -0.1) is 0 Å². The molecule has 1 atom stereocenters. The lowest BCUT2D eigenvalue weighted by molar-refractivity contribution is 0.320. The second kappa shape index (κ2) is 6.37. The van der Waals surface area contributed by atoms with E-state index in [4.69, 9.17) is 4.42 Å². The van der Waals surface area contributed by atoms with Crippen molar-refractivity contribution in [2.45, 2.75) is 52.5 Å². The summed E-state index contributed by atoms with van der Waals surface area (Å²) in [4.78, 5) is 15.8. The predicted molar refractivity (Wildman–Crippen MR) is 100 cm³/mol. The number of hydrogen-bond donors (Lipinski definition) is 0. The average Bonchev–Trinajstić information content (AvgIpc) is 3.18. The van der Waals surface area contributed by atoms with Gasteiger partial charge in [-0.2, -0.15) is 10.1 Å². The summed E-state index contributed by atoms with van der Waals surface area (Å²) in [5.74, 6) is 2.42. The van der Waals surface area contributed by atoms with Crippen LogP contribution in [0.1, 0.15) is 45.3 Å². The number of anilines is 1. The van der Waals surface area contributed by atoms with Gasteiger partial charge >= 0.3 is 0 Å². The maximum atomic E-state index is 5.91. The number of pyridine rings is 1. The summed E-state index contributed by atoms with van der Waals surface area (Å²) >= 11 is 0. The fourth-order valence-corrected chi connectivity index (χ4v) is 3.68. The van der Waals surface area contributed by atoms with Crippen molar-refractivity contribution in [3.63, 3.8) is 0 Å². The quantitative estimate of drug-likeness (QED) is 0.718. The first-order valence-electron chi connectivity index (χ1n) is 9.30. The van der Waals surface area contributed by atoms with Crippen LogP contribution in [-0.2, 0) is 12.0 Å². The maximum Gasteiger partial charge on any atom is 0.299 e. The van der Waals surface area contributed by atoms with Gasteiger partial charge in [-0.3, -0.25) is 0 Å². The van der Waals surface area contributed by atoms with E-state index in [9.17, 15) is 0 Å².